The molecular weight excluding hydrogens is 346 g/mol. The second-order valence-electron chi connectivity index (χ2n) is 6.15. The zero-order valence-electron chi connectivity index (χ0n) is 15.3. The maximum absolute atomic E-state index is 5.64. The fourth-order valence-electron chi connectivity index (χ4n) is 2.75. The van der Waals surface area contributed by atoms with Gasteiger partial charge in [-0.2, -0.15) is 0 Å². The normalized spacial score (nSPS) is 10.1. The monoisotopic (exact) mass is 365 g/mol. The van der Waals surface area contributed by atoms with Crippen molar-refractivity contribution in [3.05, 3.63) is 96.2 Å². The highest BCUT2D eigenvalue weighted by Gasteiger charge is 2.07. The lowest BCUT2D eigenvalue weighted by molar-refractivity contribution is 0.370. The number of benzene rings is 3. The van der Waals surface area contributed by atoms with Crippen molar-refractivity contribution in [3.8, 4) is 17.6 Å². The Morgan fingerprint density at radius 3 is 2.14 bits per heavy atom. The molecule has 1 heterocycles. The smallest absolute Gasteiger partial charge is 0.161 e. The number of hydrogen-bond donors (Lipinski definition) is 1. The van der Waals surface area contributed by atoms with Crippen molar-refractivity contribution in [2.75, 3.05) is 11.9 Å². The van der Waals surface area contributed by atoms with Crippen molar-refractivity contribution in [1.82, 2.24) is 9.97 Å². The first-order chi connectivity index (χ1) is 13.9. The van der Waals surface area contributed by atoms with E-state index in [9.17, 15) is 0 Å². The van der Waals surface area contributed by atoms with Crippen molar-refractivity contribution in [2.24, 2.45) is 0 Å². The number of aromatic nitrogens is 2. The summed E-state index contributed by atoms with van der Waals surface area (Å²) in [7, 11) is 0. The van der Waals surface area contributed by atoms with E-state index < -0.39 is 0 Å². The fourth-order valence-corrected chi connectivity index (χ4v) is 2.75. The highest BCUT2D eigenvalue weighted by molar-refractivity contribution is 5.77. The molecule has 0 aliphatic rings. The summed E-state index contributed by atoms with van der Waals surface area (Å²) in [5, 5.41) is 3.36. The number of fused-ring (bicyclic) bond motifs is 1. The predicted molar refractivity (Wildman–Crippen MR) is 112 cm³/mol. The number of para-hydroxylation sites is 3. The topological polar surface area (TPSA) is 47.0 Å². The Morgan fingerprint density at radius 2 is 1.39 bits per heavy atom. The van der Waals surface area contributed by atoms with Crippen LogP contribution in [0.5, 0.6) is 5.75 Å². The quantitative estimate of drug-likeness (QED) is 0.522. The molecule has 0 aliphatic heterocycles. The highest BCUT2D eigenvalue weighted by atomic mass is 16.5. The van der Waals surface area contributed by atoms with E-state index in [1.165, 1.54) is 5.56 Å². The molecule has 0 atom stereocenters. The summed E-state index contributed by atoms with van der Waals surface area (Å²) in [4.78, 5) is 9.39. The Kier molecular flexibility index (Phi) is 5.46. The van der Waals surface area contributed by atoms with Crippen molar-refractivity contribution in [3.63, 3.8) is 0 Å². The summed E-state index contributed by atoms with van der Waals surface area (Å²) in [6.45, 7) is 0.944. The van der Waals surface area contributed by atoms with E-state index in [1.54, 1.807) is 0 Å². The van der Waals surface area contributed by atoms with E-state index in [0.29, 0.717) is 18.1 Å². The summed E-state index contributed by atoms with van der Waals surface area (Å²) >= 11 is 0. The van der Waals surface area contributed by atoms with Gasteiger partial charge < -0.3 is 10.1 Å². The van der Waals surface area contributed by atoms with Crippen LogP contribution >= 0.6 is 0 Å². The van der Waals surface area contributed by atoms with E-state index in [2.05, 4.69) is 34.3 Å². The number of rotatable bonds is 5. The van der Waals surface area contributed by atoms with Crippen LogP contribution in [0.3, 0.4) is 0 Å². The maximum atomic E-state index is 5.64. The molecule has 0 aliphatic carbocycles. The van der Waals surface area contributed by atoms with Crippen LogP contribution in [0.25, 0.3) is 11.0 Å². The standard InChI is InChI=1S/C24H19N3O/c1-3-10-19(11-4-1)18-25-24-23(26-21-14-7-8-15-22(21)27-24)16-9-17-28-20-12-5-2-6-13-20/h1-8,10-15H,17-18H2,(H,25,27). The van der Waals surface area contributed by atoms with E-state index in [0.717, 1.165) is 16.8 Å². The zero-order valence-corrected chi connectivity index (χ0v) is 15.3. The number of hydrogen-bond acceptors (Lipinski definition) is 4. The first kappa shape index (κ1) is 17.6. The van der Waals surface area contributed by atoms with Gasteiger partial charge in [-0.3, -0.25) is 0 Å². The summed E-state index contributed by atoms with van der Waals surface area (Å²) in [5.74, 6) is 7.61. The van der Waals surface area contributed by atoms with E-state index in [-0.39, 0.29) is 6.61 Å². The molecule has 0 spiro atoms. The summed E-state index contributed by atoms with van der Waals surface area (Å²) < 4.78 is 5.64. The van der Waals surface area contributed by atoms with Crippen molar-refractivity contribution >= 4 is 16.9 Å². The average Bonchev–Trinajstić information content (AvgIpc) is 2.76. The van der Waals surface area contributed by atoms with Crippen molar-refractivity contribution < 1.29 is 4.74 Å². The predicted octanol–water partition coefficient (Wildman–Crippen LogP) is 4.67. The molecule has 4 nitrogen and oxygen atoms in total. The summed E-state index contributed by atoms with van der Waals surface area (Å²) in [6, 6.07) is 27.6. The first-order valence-corrected chi connectivity index (χ1v) is 9.10. The average molecular weight is 365 g/mol. The summed E-state index contributed by atoms with van der Waals surface area (Å²) in [5.41, 5.74) is 3.44. The lowest BCUT2D eigenvalue weighted by Crippen LogP contribution is -2.05. The van der Waals surface area contributed by atoms with Gasteiger partial charge in [0.15, 0.2) is 11.5 Å². The minimum absolute atomic E-state index is 0.288. The molecule has 28 heavy (non-hydrogen) atoms. The molecule has 136 valence electrons. The molecule has 4 heteroatoms. The minimum atomic E-state index is 0.288. The van der Waals surface area contributed by atoms with Crippen LogP contribution in [-0.2, 0) is 6.54 Å². The highest BCUT2D eigenvalue weighted by Crippen LogP contribution is 2.17. The molecule has 0 radical (unpaired) electrons. The van der Waals surface area contributed by atoms with Gasteiger partial charge in [0.05, 0.1) is 11.0 Å². The molecule has 0 amide bonds. The lowest BCUT2D eigenvalue weighted by Gasteiger charge is -2.09. The van der Waals surface area contributed by atoms with Crippen LogP contribution in [0.2, 0.25) is 0 Å². The van der Waals surface area contributed by atoms with Gasteiger partial charge in [0.1, 0.15) is 12.4 Å². The van der Waals surface area contributed by atoms with Gasteiger partial charge in [0.2, 0.25) is 0 Å². The Hall–Kier alpha value is -3.84. The van der Waals surface area contributed by atoms with Gasteiger partial charge in [-0.1, -0.05) is 66.6 Å². The van der Waals surface area contributed by atoms with Crippen LogP contribution in [0.4, 0.5) is 5.82 Å². The van der Waals surface area contributed by atoms with Crippen molar-refractivity contribution in [2.45, 2.75) is 6.54 Å². The van der Waals surface area contributed by atoms with E-state index >= 15 is 0 Å². The van der Waals surface area contributed by atoms with Crippen LogP contribution in [0.15, 0.2) is 84.9 Å². The third kappa shape index (κ3) is 4.46. The molecular formula is C24H19N3O. The second-order valence-corrected chi connectivity index (χ2v) is 6.15. The van der Waals surface area contributed by atoms with E-state index in [4.69, 9.17) is 9.72 Å². The molecule has 4 aromatic rings. The fraction of sp³-hybridized carbons (Fsp3) is 0.0833. The molecule has 0 saturated heterocycles. The third-order valence-electron chi connectivity index (χ3n) is 4.13. The van der Waals surface area contributed by atoms with Crippen LogP contribution in [0, 0.1) is 11.8 Å². The molecule has 1 aromatic heterocycles. The second kappa shape index (κ2) is 8.70. The third-order valence-corrected chi connectivity index (χ3v) is 4.13. The Morgan fingerprint density at radius 1 is 0.750 bits per heavy atom. The number of nitrogens with one attached hydrogen (secondary N) is 1. The molecule has 0 saturated carbocycles. The van der Waals surface area contributed by atoms with Crippen molar-refractivity contribution in [1.29, 1.82) is 0 Å². The van der Waals surface area contributed by atoms with Gasteiger partial charge in [-0.15, -0.1) is 0 Å². The molecule has 0 unspecified atom stereocenters. The molecule has 0 bridgehead atoms. The van der Waals surface area contributed by atoms with Gasteiger partial charge >= 0.3 is 0 Å². The lowest BCUT2D eigenvalue weighted by atomic mass is 10.2. The zero-order chi connectivity index (χ0) is 19.0. The Bertz CT molecular complexity index is 1120. The van der Waals surface area contributed by atoms with Gasteiger partial charge in [-0.25, -0.2) is 9.97 Å². The molecule has 1 N–H and O–H groups in total. The minimum Gasteiger partial charge on any atom is -0.481 e. The maximum Gasteiger partial charge on any atom is 0.161 e. The molecule has 4 rings (SSSR count). The first-order valence-electron chi connectivity index (χ1n) is 9.10. The van der Waals surface area contributed by atoms with Gasteiger partial charge in [0.25, 0.3) is 0 Å². The Balaban J connectivity index is 1.55. The molecule has 0 fully saturated rings. The van der Waals surface area contributed by atoms with Crippen LogP contribution in [-0.4, -0.2) is 16.6 Å². The molecule has 3 aromatic carbocycles. The van der Waals surface area contributed by atoms with Gasteiger partial charge in [-0.05, 0) is 35.7 Å². The van der Waals surface area contributed by atoms with Crippen LogP contribution < -0.4 is 10.1 Å². The number of nitrogens with zero attached hydrogens (tertiary/aromatic N) is 2. The SMILES string of the molecule is C(#Cc1nc2ccccc2nc1NCc1ccccc1)COc1ccccc1. The van der Waals surface area contributed by atoms with Gasteiger partial charge in [0, 0.05) is 6.54 Å². The van der Waals surface area contributed by atoms with E-state index in [1.807, 2.05) is 72.8 Å². The number of anilines is 1. The Labute approximate surface area is 164 Å². The largest absolute Gasteiger partial charge is 0.481 e. The van der Waals surface area contributed by atoms with Crippen LogP contribution in [0.1, 0.15) is 11.3 Å². The number of ether oxygens (including phenoxy) is 1. The summed E-state index contributed by atoms with van der Waals surface area (Å²) in [6.07, 6.45) is 0.